The fourth-order valence-electron chi connectivity index (χ4n) is 1.84. The third-order valence-corrected chi connectivity index (χ3v) is 3.77. The van der Waals surface area contributed by atoms with Gasteiger partial charge in [0.15, 0.2) is 0 Å². The topological polar surface area (TPSA) is 84.9 Å². The van der Waals surface area contributed by atoms with Gasteiger partial charge in [-0.1, -0.05) is 15.9 Å². The zero-order valence-corrected chi connectivity index (χ0v) is 12.2. The summed E-state index contributed by atoms with van der Waals surface area (Å²) >= 11 is 3.39. The number of rotatable bonds is 3. The minimum Gasteiger partial charge on any atom is -0.491 e. The molecule has 1 aromatic carbocycles. The lowest BCUT2D eigenvalue weighted by Gasteiger charge is -2.25. The van der Waals surface area contributed by atoms with Crippen molar-refractivity contribution in [2.75, 3.05) is 19.8 Å². The summed E-state index contributed by atoms with van der Waals surface area (Å²) in [6.45, 7) is 1.92. The first kappa shape index (κ1) is 14.8. The summed E-state index contributed by atoms with van der Waals surface area (Å²) in [5, 5.41) is 19.3. The first-order chi connectivity index (χ1) is 9.00. The van der Waals surface area contributed by atoms with Crippen molar-refractivity contribution in [3.8, 4) is 5.75 Å². The van der Waals surface area contributed by atoms with E-state index in [9.17, 15) is 10.2 Å². The molecule has 1 aliphatic heterocycles. The Balaban J connectivity index is 2.41. The summed E-state index contributed by atoms with van der Waals surface area (Å²) in [6, 6.07) is 3.58. The van der Waals surface area contributed by atoms with Gasteiger partial charge < -0.3 is 25.3 Å². The second-order valence-corrected chi connectivity index (χ2v) is 5.61. The minimum atomic E-state index is -0.814. The molecule has 0 saturated carbocycles. The van der Waals surface area contributed by atoms with Crippen LogP contribution < -0.4 is 15.9 Å². The molecule has 0 aromatic heterocycles. The zero-order chi connectivity index (χ0) is 14.0. The number of aliphatic hydroxyl groups excluding tert-OH is 2. The van der Waals surface area contributed by atoms with E-state index in [1.807, 2.05) is 0 Å². The summed E-state index contributed by atoms with van der Waals surface area (Å²) in [7, 11) is 1.51. The van der Waals surface area contributed by atoms with Gasteiger partial charge in [-0.3, -0.25) is 0 Å². The minimum absolute atomic E-state index is 0.0974. The summed E-state index contributed by atoms with van der Waals surface area (Å²) in [4.78, 5) is 0. The average Bonchev–Trinajstić information content (AvgIpc) is 2.59. The van der Waals surface area contributed by atoms with Crippen LogP contribution in [0.2, 0.25) is 0 Å². The second kappa shape index (κ2) is 5.81. The third-order valence-electron chi connectivity index (χ3n) is 3.08. The predicted octanol–water partition coefficient (Wildman–Crippen LogP) is -0.154. The Morgan fingerprint density at radius 1 is 1.58 bits per heavy atom. The molecule has 1 aliphatic rings. The Hall–Kier alpha value is -0.595. The molecule has 1 heterocycles. The van der Waals surface area contributed by atoms with Crippen LogP contribution in [0, 0.1) is 0 Å². The Morgan fingerprint density at radius 3 is 2.95 bits per heavy atom. The van der Waals surface area contributed by atoms with Crippen LogP contribution in [-0.4, -0.2) is 43.1 Å². The quantitative estimate of drug-likeness (QED) is 0.672. The largest absolute Gasteiger partial charge is 0.491 e. The molecule has 5 nitrogen and oxygen atoms in total. The Bertz CT molecular complexity index is 473. The summed E-state index contributed by atoms with van der Waals surface area (Å²) in [5.41, 5.74) is 5.99. The van der Waals surface area contributed by atoms with Crippen molar-refractivity contribution in [1.82, 2.24) is 0 Å². The van der Waals surface area contributed by atoms with Crippen molar-refractivity contribution < 1.29 is 19.6 Å². The summed E-state index contributed by atoms with van der Waals surface area (Å²) in [5.74, 6) is 0.600. The van der Waals surface area contributed by atoms with Crippen molar-refractivity contribution in [2.45, 2.75) is 18.6 Å². The predicted molar refractivity (Wildman–Crippen MR) is 75.6 cm³/mol. The molecule has 1 aromatic rings. The lowest BCUT2D eigenvalue weighted by molar-refractivity contribution is -0.00426. The second-order valence-electron chi connectivity index (χ2n) is 4.76. The maximum Gasteiger partial charge on any atom is 0.335 e. The van der Waals surface area contributed by atoms with E-state index < -0.39 is 11.7 Å². The van der Waals surface area contributed by atoms with Gasteiger partial charge in [-0.25, -0.2) is 0 Å². The van der Waals surface area contributed by atoms with E-state index in [0.717, 1.165) is 4.47 Å². The molecule has 19 heavy (non-hydrogen) atoms. The zero-order valence-electron chi connectivity index (χ0n) is 10.6. The highest BCUT2D eigenvalue weighted by Crippen LogP contribution is 2.28. The monoisotopic (exact) mass is 328 g/mol. The van der Waals surface area contributed by atoms with Gasteiger partial charge in [0.1, 0.15) is 18.0 Å². The smallest absolute Gasteiger partial charge is 0.335 e. The Morgan fingerprint density at radius 2 is 2.32 bits per heavy atom. The van der Waals surface area contributed by atoms with E-state index in [0.29, 0.717) is 16.8 Å². The summed E-state index contributed by atoms with van der Waals surface area (Å²) in [6.07, 6.45) is -0.814. The number of hydrogen-bond donors (Lipinski definition) is 3. The van der Waals surface area contributed by atoms with Gasteiger partial charge in [-0.05, 0) is 30.1 Å². The van der Waals surface area contributed by atoms with Crippen LogP contribution in [0.5, 0.6) is 5.75 Å². The molecule has 4 N–H and O–H groups in total. The van der Waals surface area contributed by atoms with Crippen LogP contribution in [0.1, 0.15) is 18.6 Å². The Labute approximate surface area is 121 Å². The standard InChI is InChI=1S/C12H16BBrNO4/c1-12(5-16)6-18-9-3-2-7(14)10(8(17)4-15)11(9)13-19-12/h2-3,8,16-17H,4-6,15H2,1H3. The van der Waals surface area contributed by atoms with Gasteiger partial charge in [0.25, 0.3) is 0 Å². The van der Waals surface area contributed by atoms with Crippen LogP contribution in [0.3, 0.4) is 0 Å². The highest BCUT2D eigenvalue weighted by molar-refractivity contribution is 9.10. The molecule has 0 amide bonds. The van der Waals surface area contributed by atoms with Gasteiger partial charge in [0.2, 0.25) is 0 Å². The van der Waals surface area contributed by atoms with E-state index >= 15 is 0 Å². The van der Waals surface area contributed by atoms with Crippen molar-refractivity contribution >= 4 is 28.9 Å². The maximum atomic E-state index is 10.0. The molecular formula is C12H16BBrNO4. The number of benzene rings is 1. The van der Waals surface area contributed by atoms with E-state index in [-0.39, 0.29) is 19.8 Å². The van der Waals surface area contributed by atoms with Gasteiger partial charge in [-0.15, -0.1) is 0 Å². The lowest BCUT2D eigenvalue weighted by atomic mass is 9.80. The molecule has 2 unspecified atom stereocenters. The molecule has 103 valence electrons. The number of nitrogens with two attached hydrogens (primary N) is 1. The molecule has 7 heteroatoms. The maximum absolute atomic E-state index is 10.0. The van der Waals surface area contributed by atoms with Crippen LogP contribution >= 0.6 is 15.9 Å². The number of hydrogen-bond acceptors (Lipinski definition) is 5. The molecule has 0 spiro atoms. The van der Waals surface area contributed by atoms with Crippen molar-refractivity contribution in [1.29, 1.82) is 0 Å². The van der Waals surface area contributed by atoms with Gasteiger partial charge in [0.05, 0.1) is 12.7 Å². The number of aliphatic hydroxyl groups is 2. The molecule has 2 atom stereocenters. The van der Waals surface area contributed by atoms with E-state index in [1.165, 1.54) is 7.48 Å². The SMILES string of the molecule is CC1(CO)COc2ccc(Br)c(C(O)CN)c2[B]O1. The van der Waals surface area contributed by atoms with E-state index in [2.05, 4.69) is 15.9 Å². The van der Waals surface area contributed by atoms with Crippen LogP contribution in [0.4, 0.5) is 0 Å². The van der Waals surface area contributed by atoms with Gasteiger partial charge in [-0.2, -0.15) is 0 Å². The first-order valence-corrected chi connectivity index (χ1v) is 6.75. The third kappa shape index (κ3) is 2.95. The van der Waals surface area contributed by atoms with Crippen molar-refractivity contribution in [2.24, 2.45) is 5.73 Å². The molecular weight excluding hydrogens is 313 g/mol. The van der Waals surface area contributed by atoms with Gasteiger partial charge >= 0.3 is 7.48 Å². The van der Waals surface area contributed by atoms with E-state index in [4.69, 9.17) is 15.1 Å². The number of halogens is 1. The average molecular weight is 329 g/mol. The van der Waals surface area contributed by atoms with E-state index in [1.54, 1.807) is 19.1 Å². The fourth-order valence-corrected chi connectivity index (χ4v) is 2.45. The first-order valence-electron chi connectivity index (χ1n) is 5.96. The Kier molecular flexibility index (Phi) is 4.52. The molecule has 0 fully saturated rings. The van der Waals surface area contributed by atoms with Crippen LogP contribution in [0.15, 0.2) is 16.6 Å². The van der Waals surface area contributed by atoms with Crippen LogP contribution in [0.25, 0.3) is 0 Å². The normalized spacial score (nSPS) is 23.8. The highest BCUT2D eigenvalue weighted by Gasteiger charge is 2.32. The van der Waals surface area contributed by atoms with Crippen molar-refractivity contribution in [3.63, 3.8) is 0 Å². The molecule has 0 bridgehead atoms. The number of ether oxygens (including phenoxy) is 1. The molecule has 0 aliphatic carbocycles. The molecule has 1 radical (unpaired) electrons. The highest BCUT2D eigenvalue weighted by atomic mass is 79.9. The molecule has 0 saturated heterocycles. The van der Waals surface area contributed by atoms with Gasteiger partial charge in [0, 0.05) is 11.0 Å². The lowest BCUT2D eigenvalue weighted by Crippen LogP contribution is -2.40. The summed E-state index contributed by atoms with van der Waals surface area (Å²) < 4.78 is 12.0. The van der Waals surface area contributed by atoms with Crippen LogP contribution in [-0.2, 0) is 4.65 Å². The fraction of sp³-hybridized carbons (Fsp3) is 0.500. The molecule has 2 rings (SSSR count). The van der Waals surface area contributed by atoms with Crippen molar-refractivity contribution in [3.05, 3.63) is 22.2 Å². The number of fused-ring (bicyclic) bond motifs is 1.